The van der Waals surface area contributed by atoms with Crippen LogP contribution in [0.2, 0.25) is 5.02 Å². The molecule has 1 heterocycles. The van der Waals surface area contributed by atoms with Crippen LogP contribution in [0.4, 0.5) is 8.78 Å². The fourth-order valence-electron chi connectivity index (χ4n) is 2.40. The highest BCUT2D eigenvalue weighted by Crippen LogP contribution is 2.27. The molecule has 0 unspecified atom stereocenters. The molecule has 6 heteroatoms. The first-order chi connectivity index (χ1) is 11.0. The highest BCUT2D eigenvalue weighted by Gasteiger charge is 2.19. The molecule has 1 amide bonds. The van der Waals surface area contributed by atoms with E-state index in [1.165, 1.54) is 6.07 Å². The Kier molecular flexibility index (Phi) is 4.05. The lowest BCUT2D eigenvalue weighted by Crippen LogP contribution is -2.27. The molecule has 1 aromatic heterocycles. The fraction of sp³-hybridized carbons (Fsp3) is 0.118. The molecule has 0 radical (unpaired) electrons. The molecule has 2 N–H and O–H groups in total. The molecule has 2 aromatic carbocycles. The number of aromatic amines is 1. The number of benzene rings is 2. The minimum absolute atomic E-state index is 0.238. The average molecular weight is 335 g/mol. The van der Waals surface area contributed by atoms with Crippen LogP contribution in [-0.2, 0) is 0 Å². The summed E-state index contributed by atoms with van der Waals surface area (Å²) in [5.41, 5.74) is 1.45. The Balaban J connectivity index is 1.85. The van der Waals surface area contributed by atoms with Crippen molar-refractivity contribution in [2.75, 3.05) is 0 Å². The molecule has 0 aliphatic rings. The normalized spacial score (nSPS) is 12.3. The second-order valence-corrected chi connectivity index (χ2v) is 5.61. The van der Waals surface area contributed by atoms with E-state index in [-0.39, 0.29) is 5.69 Å². The van der Waals surface area contributed by atoms with Gasteiger partial charge in [0.05, 0.1) is 11.1 Å². The van der Waals surface area contributed by atoms with Crippen LogP contribution < -0.4 is 5.32 Å². The molecule has 0 aliphatic heterocycles. The van der Waals surface area contributed by atoms with E-state index in [0.717, 1.165) is 23.0 Å². The van der Waals surface area contributed by atoms with Crippen molar-refractivity contribution in [2.45, 2.75) is 13.0 Å². The average Bonchev–Trinajstić information content (AvgIpc) is 2.87. The van der Waals surface area contributed by atoms with E-state index in [4.69, 9.17) is 11.6 Å². The molecule has 0 saturated heterocycles. The van der Waals surface area contributed by atoms with Gasteiger partial charge in [-0.15, -0.1) is 0 Å². The van der Waals surface area contributed by atoms with Gasteiger partial charge >= 0.3 is 0 Å². The third kappa shape index (κ3) is 2.92. The molecule has 0 aliphatic carbocycles. The van der Waals surface area contributed by atoms with Gasteiger partial charge in [-0.1, -0.05) is 35.9 Å². The van der Waals surface area contributed by atoms with Gasteiger partial charge in [0.2, 0.25) is 0 Å². The number of H-pyrrole nitrogens is 1. The van der Waals surface area contributed by atoms with Crippen LogP contribution in [0.15, 0.2) is 42.5 Å². The van der Waals surface area contributed by atoms with E-state index in [1.54, 1.807) is 6.92 Å². The Morgan fingerprint density at radius 1 is 1.17 bits per heavy atom. The quantitative estimate of drug-likeness (QED) is 0.723. The van der Waals surface area contributed by atoms with Crippen molar-refractivity contribution in [2.24, 2.45) is 0 Å². The second-order valence-electron chi connectivity index (χ2n) is 5.23. The topological polar surface area (TPSA) is 44.9 Å². The van der Waals surface area contributed by atoms with Crippen molar-refractivity contribution in [3.05, 3.63) is 70.4 Å². The second kappa shape index (κ2) is 6.01. The lowest BCUT2D eigenvalue weighted by Gasteiger charge is -2.14. The van der Waals surface area contributed by atoms with E-state index >= 15 is 0 Å². The van der Waals surface area contributed by atoms with Gasteiger partial charge in [-0.2, -0.15) is 0 Å². The van der Waals surface area contributed by atoms with Gasteiger partial charge in [0, 0.05) is 10.9 Å². The zero-order valence-corrected chi connectivity index (χ0v) is 12.9. The molecule has 0 spiro atoms. The minimum atomic E-state index is -0.952. The summed E-state index contributed by atoms with van der Waals surface area (Å²) in [6.45, 7) is 1.68. The zero-order valence-electron chi connectivity index (χ0n) is 12.2. The SMILES string of the molecule is C[C@H](NC(=O)c1[nH]c2ccccc2c1Cl)c1ccc(F)c(F)c1. The van der Waals surface area contributed by atoms with E-state index in [9.17, 15) is 13.6 Å². The predicted molar refractivity (Wildman–Crippen MR) is 85.5 cm³/mol. The van der Waals surface area contributed by atoms with Crippen LogP contribution in [0.3, 0.4) is 0 Å². The summed E-state index contributed by atoms with van der Waals surface area (Å²) in [5.74, 6) is -2.29. The molecule has 23 heavy (non-hydrogen) atoms. The Labute approximate surface area is 136 Å². The maximum Gasteiger partial charge on any atom is 0.269 e. The number of nitrogens with one attached hydrogen (secondary N) is 2. The number of para-hydroxylation sites is 1. The Morgan fingerprint density at radius 2 is 1.91 bits per heavy atom. The van der Waals surface area contributed by atoms with Crippen molar-refractivity contribution >= 4 is 28.4 Å². The third-order valence-corrected chi connectivity index (χ3v) is 4.05. The molecule has 3 nitrogen and oxygen atoms in total. The van der Waals surface area contributed by atoms with Crippen molar-refractivity contribution < 1.29 is 13.6 Å². The van der Waals surface area contributed by atoms with Crippen LogP contribution in [0.25, 0.3) is 10.9 Å². The maximum absolute atomic E-state index is 13.3. The number of fused-ring (bicyclic) bond motifs is 1. The van der Waals surface area contributed by atoms with Crippen molar-refractivity contribution in [3.63, 3.8) is 0 Å². The number of hydrogen-bond donors (Lipinski definition) is 2. The van der Waals surface area contributed by atoms with Gasteiger partial charge in [-0.3, -0.25) is 4.79 Å². The van der Waals surface area contributed by atoms with Crippen molar-refractivity contribution in [1.29, 1.82) is 0 Å². The van der Waals surface area contributed by atoms with Crippen LogP contribution in [0, 0.1) is 11.6 Å². The molecule has 3 aromatic rings. The number of halogens is 3. The number of rotatable bonds is 3. The van der Waals surface area contributed by atoms with Crippen LogP contribution in [0.1, 0.15) is 29.0 Å². The number of amides is 1. The van der Waals surface area contributed by atoms with Crippen molar-refractivity contribution in [3.8, 4) is 0 Å². The predicted octanol–water partition coefficient (Wildman–Crippen LogP) is 4.59. The Hall–Kier alpha value is -2.40. The van der Waals surface area contributed by atoms with Gasteiger partial charge in [0.25, 0.3) is 5.91 Å². The van der Waals surface area contributed by atoms with E-state index in [2.05, 4.69) is 10.3 Å². The largest absolute Gasteiger partial charge is 0.349 e. The van der Waals surface area contributed by atoms with Crippen LogP contribution >= 0.6 is 11.6 Å². The molecular formula is C17H13ClF2N2O. The Bertz CT molecular complexity index is 891. The summed E-state index contributed by atoms with van der Waals surface area (Å²) in [7, 11) is 0. The van der Waals surface area contributed by atoms with Crippen molar-refractivity contribution in [1.82, 2.24) is 10.3 Å². The molecule has 3 rings (SSSR count). The number of hydrogen-bond acceptors (Lipinski definition) is 1. The molecule has 0 fully saturated rings. The van der Waals surface area contributed by atoms with Crippen LogP contribution in [0.5, 0.6) is 0 Å². The van der Waals surface area contributed by atoms with E-state index < -0.39 is 23.6 Å². The number of aromatic nitrogens is 1. The number of carbonyl (C=O) groups excluding carboxylic acids is 1. The third-order valence-electron chi connectivity index (χ3n) is 3.66. The molecule has 118 valence electrons. The lowest BCUT2D eigenvalue weighted by atomic mass is 10.1. The minimum Gasteiger partial charge on any atom is -0.349 e. The van der Waals surface area contributed by atoms with Crippen LogP contribution in [-0.4, -0.2) is 10.9 Å². The summed E-state index contributed by atoms with van der Waals surface area (Å²) in [6, 6.07) is 10.3. The van der Waals surface area contributed by atoms with E-state index in [1.807, 2.05) is 24.3 Å². The first-order valence-electron chi connectivity index (χ1n) is 6.99. The summed E-state index contributed by atoms with van der Waals surface area (Å²) in [5, 5.41) is 3.80. The van der Waals surface area contributed by atoms with Gasteiger partial charge in [-0.25, -0.2) is 8.78 Å². The molecule has 0 bridgehead atoms. The zero-order chi connectivity index (χ0) is 16.6. The maximum atomic E-state index is 13.3. The van der Waals surface area contributed by atoms with Gasteiger partial charge in [0.1, 0.15) is 5.69 Å². The smallest absolute Gasteiger partial charge is 0.269 e. The summed E-state index contributed by atoms with van der Waals surface area (Å²) < 4.78 is 26.3. The van der Waals surface area contributed by atoms with Gasteiger partial charge < -0.3 is 10.3 Å². The first kappa shape index (κ1) is 15.5. The fourth-order valence-corrected chi connectivity index (χ4v) is 2.70. The molecule has 0 saturated carbocycles. The first-order valence-corrected chi connectivity index (χ1v) is 7.37. The summed E-state index contributed by atoms with van der Waals surface area (Å²) in [4.78, 5) is 15.3. The molecule has 1 atom stereocenters. The number of carbonyl (C=O) groups is 1. The summed E-state index contributed by atoms with van der Waals surface area (Å²) in [6.07, 6.45) is 0. The highest BCUT2D eigenvalue weighted by molar-refractivity contribution is 6.38. The van der Waals surface area contributed by atoms with E-state index in [0.29, 0.717) is 10.6 Å². The standard InChI is InChI=1S/C17H13ClF2N2O/c1-9(10-6-7-12(19)13(20)8-10)21-17(23)16-15(18)11-4-2-3-5-14(11)22-16/h2-9,22H,1H3,(H,21,23)/t9-/m0/s1. The lowest BCUT2D eigenvalue weighted by molar-refractivity contribution is 0.0935. The van der Waals surface area contributed by atoms with Gasteiger partial charge in [0.15, 0.2) is 11.6 Å². The Morgan fingerprint density at radius 3 is 2.61 bits per heavy atom. The summed E-state index contributed by atoms with van der Waals surface area (Å²) >= 11 is 6.23. The highest BCUT2D eigenvalue weighted by atomic mass is 35.5. The van der Waals surface area contributed by atoms with Gasteiger partial charge in [-0.05, 0) is 30.7 Å². The molecular weight excluding hydrogens is 322 g/mol. The monoisotopic (exact) mass is 334 g/mol.